The number of nitrogens with one attached hydrogen (secondary N) is 1. The number of hydrogen-bond acceptors (Lipinski definition) is 9. The Hall–Kier alpha value is -3.01. The number of benzene rings is 3. The van der Waals surface area contributed by atoms with Crippen molar-refractivity contribution >= 4 is 40.5 Å². The Bertz CT molecular complexity index is 1150. The smallest absolute Gasteiger partial charge is 0.299 e. The van der Waals surface area contributed by atoms with Crippen LogP contribution < -0.4 is 45.5 Å². The Morgan fingerprint density at radius 1 is 0.811 bits per heavy atom. The molecule has 0 atom stereocenters. The van der Waals surface area contributed by atoms with E-state index in [4.69, 9.17) is 32.8 Å². The van der Waals surface area contributed by atoms with Crippen molar-refractivity contribution in [2.24, 2.45) is 0 Å². The van der Waals surface area contributed by atoms with Gasteiger partial charge >= 0.3 is 0 Å². The highest BCUT2D eigenvalue weighted by atomic mass is 35.7. The van der Waals surface area contributed by atoms with Crippen LogP contribution in [0.4, 0.5) is 11.9 Å². The maximum Gasteiger partial charge on any atom is 0.299 e. The molecule has 1 saturated heterocycles. The summed E-state index contributed by atoms with van der Waals surface area (Å²) < 4.78 is 44.7. The first-order valence-electron chi connectivity index (χ1n) is 11.5. The molecule has 0 saturated carbocycles. The molecule has 4 aromatic rings. The summed E-state index contributed by atoms with van der Waals surface area (Å²) in [7, 11) is -5.17. The van der Waals surface area contributed by atoms with E-state index >= 15 is 0 Å². The lowest BCUT2D eigenvalue weighted by atomic mass is 10.4. The summed E-state index contributed by atoms with van der Waals surface area (Å²) >= 11 is 0. The number of hydrogen-bond donors (Lipinski definition) is 2. The molecule has 0 amide bonds. The summed E-state index contributed by atoms with van der Waals surface area (Å²) in [5.74, 6) is 0.836. The zero-order valence-corrected chi connectivity index (χ0v) is 21.8. The van der Waals surface area contributed by atoms with Crippen LogP contribution in [-0.4, -0.2) is 43.0 Å². The minimum atomic E-state index is -4.69. The van der Waals surface area contributed by atoms with Crippen molar-refractivity contribution in [2.45, 2.75) is 0 Å². The molecule has 0 unspecified atom stereocenters. The minimum absolute atomic E-state index is 0.536. The van der Waals surface area contributed by atoms with Gasteiger partial charge in [0.25, 0.3) is 17.3 Å². The van der Waals surface area contributed by atoms with Gasteiger partial charge in [-0.3, -0.25) is 0 Å². The SMILES string of the molecule is CNc1nc([P+](c2ccccc2)(c2ccccc2)c2ccccc2)c(N2CCOCC2)o1.[O-][Cl+3]([O-])([O-])O. The van der Waals surface area contributed by atoms with Crippen LogP contribution >= 0.6 is 7.26 Å². The molecule has 194 valence electrons. The number of rotatable bonds is 6. The van der Waals surface area contributed by atoms with Gasteiger partial charge in [0, 0.05) is 20.1 Å². The summed E-state index contributed by atoms with van der Waals surface area (Å²) in [6, 6.07) is 32.8. The maximum atomic E-state index is 8.60. The van der Waals surface area contributed by atoms with Crippen molar-refractivity contribution in [2.75, 3.05) is 43.6 Å². The molecule has 1 aliphatic rings. The molecule has 1 aromatic heterocycles. The van der Waals surface area contributed by atoms with Gasteiger partial charge in [-0.05, 0) is 36.4 Å². The molecule has 11 heteroatoms. The van der Waals surface area contributed by atoms with Crippen LogP contribution in [0.3, 0.4) is 0 Å². The summed E-state index contributed by atoms with van der Waals surface area (Å²) in [6.07, 6.45) is 0. The van der Waals surface area contributed by atoms with Gasteiger partial charge in [-0.15, -0.1) is 0 Å². The van der Waals surface area contributed by atoms with E-state index < -0.39 is 17.5 Å². The van der Waals surface area contributed by atoms with Gasteiger partial charge in [-0.25, -0.2) is 0 Å². The van der Waals surface area contributed by atoms with Crippen LogP contribution in [0.1, 0.15) is 0 Å². The fraction of sp³-hybridized carbons (Fsp3) is 0.192. The van der Waals surface area contributed by atoms with Gasteiger partial charge in [0.1, 0.15) is 15.9 Å². The zero-order chi connectivity index (χ0) is 26.3. The standard InChI is InChI=1S/C26H27N3O2P.ClHO4/c1-27-26-28-24(25(31-26)29-17-19-30-20-18-29)32(21-11-5-2-6-12-21,22-13-7-3-8-14-22)23-15-9-4-10-16-23;2-1(3,4)5/h2-16H,17-20H2,1H3,(H,27,28);(H,2,3,4,5)/q+1;. The summed E-state index contributed by atoms with van der Waals surface area (Å²) in [5, 5.41) is 6.89. The van der Waals surface area contributed by atoms with Crippen LogP contribution in [0.5, 0.6) is 0 Å². The van der Waals surface area contributed by atoms with E-state index in [-0.39, 0.29) is 0 Å². The minimum Gasteiger partial charge on any atom is -0.403 e. The number of halogens is 1. The van der Waals surface area contributed by atoms with E-state index in [2.05, 4.69) is 101 Å². The van der Waals surface area contributed by atoms with Crippen molar-refractivity contribution in [1.29, 1.82) is 0 Å². The molecular weight excluding hydrogens is 517 g/mol. The van der Waals surface area contributed by atoms with Crippen LogP contribution in [0.2, 0.25) is 0 Å². The second-order valence-electron chi connectivity index (χ2n) is 8.07. The number of oxazole rings is 1. The number of ether oxygens (including phenoxy) is 1. The molecule has 5 rings (SSSR count). The topological polar surface area (TPSA) is 140 Å². The molecule has 2 heterocycles. The van der Waals surface area contributed by atoms with Crippen LogP contribution in [-0.2, 0) is 4.74 Å². The molecule has 1 fully saturated rings. The van der Waals surface area contributed by atoms with Crippen molar-refractivity contribution in [3.8, 4) is 0 Å². The van der Waals surface area contributed by atoms with Gasteiger partial charge in [0.05, 0.1) is 28.1 Å². The lowest BCUT2D eigenvalue weighted by Gasteiger charge is -2.30. The molecule has 37 heavy (non-hydrogen) atoms. The van der Waals surface area contributed by atoms with E-state index in [1.54, 1.807) is 0 Å². The Morgan fingerprint density at radius 3 is 1.59 bits per heavy atom. The maximum absolute atomic E-state index is 8.60. The van der Waals surface area contributed by atoms with Gasteiger partial charge in [-0.1, -0.05) is 54.6 Å². The molecule has 0 bridgehead atoms. The van der Waals surface area contributed by atoms with E-state index in [0.29, 0.717) is 19.2 Å². The molecule has 0 aliphatic carbocycles. The van der Waals surface area contributed by atoms with Crippen molar-refractivity contribution in [3.05, 3.63) is 91.0 Å². The molecule has 0 spiro atoms. The second kappa shape index (κ2) is 12.0. The number of anilines is 2. The van der Waals surface area contributed by atoms with E-state index in [1.807, 2.05) is 7.05 Å². The highest BCUT2D eigenvalue weighted by molar-refractivity contribution is 8.01. The molecule has 9 nitrogen and oxygen atoms in total. The monoisotopic (exact) mass is 544 g/mol. The van der Waals surface area contributed by atoms with Crippen molar-refractivity contribution in [3.63, 3.8) is 0 Å². The first kappa shape index (κ1) is 27.0. The zero-order valence-electron chi connectivity index (χ0n) is 20.2. The van der Waals surface area contributed by atoms with Gasteiger partial charge in [-0.2, -0.15) is 19.0 Å². The Balaban J connectivity index is 0.000000586. The number of aromatic nitrogens is 1. The van der Waals surface area contributed by atoms with E-state index in [1.165, 1.54) is 15.9 Å². The van der Waals surface area contributed by atoms with E-state index in [0.717, 1.165) is 24.4 Å². The van der Waals surface area contributed by atoms with Crippen molar-refractivity contribution in [1.82, 2.24) is 4.98 Å². The fourth-order valence-electron chi connectivity index (χ4n) is 4.37. The van der Waals surface area contributed by atoms with E-state index in [9.17, 15) is 0 Å². The van der Waals surface area contributed by atoms with Crippen molar-refractivity contribution < 1.29 is 38.0 Å². The average Bonchev–Trinajstić information content (AvgIpc) is 3.35. The molecular formula is C26H28ClN3O6P+. The summed E-state index contributed by atoms with van der Waals surface area (Å²) in [6.45, 7) is 2.93. The Kier molecular flexibility index (Phi) is 8.79. The van der Waals surface area contributed by atoms with Gasteiger partial charge in [0.2, 0.25) is 0 Å². The highest BCUT2D eigenvalue weighted by Crippen LogP contribution is 2.56. The third-order valence-electron chi connectivity index (χ3n) is 5.85. The molecule has 3 aromatic carbocycles. The average molecular weight is 545 g/mol. The summed E-state index contributed by atoms with van der Waals surface area (Å²) in [5.41, 5.74) is 0.993. The highest BCUT2D eigenvalue weighted by Gasteiger charge is 2.53. The lowest BCUT2D eigenvalue weighted by molar-refractivity contribution is -1.92. The third-order valence-corrected chi connectivity index (χ3v) is 10.00. The molecule has 2 N–H and O–H groups in total. The summed E-state index contributed by atoms with van der Waals surface area (Å²) in [4.78, 5) is 7.37. The predicted octanol–water partition coefficient (Wildman–Crippen LogP) is -0.952. The lowest BCUT2D eigenvalue weighted by Crippen LogP contribution is -2.58. The van der Waals surface area contributed by atoms with Crippen LogP contribution in [0.15, 0.2) is 95.4 Å². The quantitative estimate of drug-likeness (QED) is 0.294. The molecule has 0 radical (unpaired) electrons. The number of morpholine rings is 1. The Morgan fingerprint density at radius 2 is 1.22 bits per heavy atom. The van der Waals surface area contributed by atoms with Gasteiger partial charge < -0.3 is 19.4 Å². The largest absolute Gasteiger partial charge is 0.403 e. The first-order chi connectivity index (χ1) is 17.8. The van der Waals surface area contributed by atoms with Crippen LogP contribution in [0, 0.1) is 10.2 Å². The first-order valence-corrected chi connectivity index (χ1v) is 14.6. The molecule has 1 aliphatic heterocycles. The normalized spacial score (nSPS) is 14.0. The second-order valence-corrected chi connectivity index (χ2v) is 12.2. The predicted molar refractivity (Wildman–Crippen MR) is 136 cm³/mol. The Labute approximate surface area is 218 Å². The fourth-order valence-corrected chi connectivity index (χ4v) is 8.57. The van der Waals surface area contributed by atoms with Gasteiger partial charge in [0.15, 0.2) is 7.26 Å². The third kappa shape index (κ3) is 6.29. The van der Waals surface area contributed by atoms with Crippen LogP contribution in [0.25, 0.3) is 0 Å². The number of nitrogens with zero attached hydrogens (tertiary/aromatic N) is 2.